The first-order valence-corrected chi connectivity index (χ1v) is 16.0. The van der Waals surface area contributed by atoms with Crippen molar-refractivity contribution < 1.29 is 27.1 Å². The number of esters is 1. The van der Waals surface area contributed by atoms with Gasteiger partial charge in [0.1, 0.15) is 5.82 Å². The zero-order valence-corrected chi connectivity index (χ0v) is 23.4. The second-order valence-corrected chi connectivity index (χ2v) is 14.0. The van der Waals surface area contributed by atoms with Gasteiger partial charge in [0.2, 0.25) is 8.87 Å². The molecule has 1 saturated heterocycles. The molecule has 1 aliphatic carbocycles. The summed E-state index contributed by atoms with van der Waals surface area (Å²) in [5.74, 6) is -1.11. The topological polar surface area (TPSA) is 80.8 Å². The SMILES string of the molecule is CCCCOC(=O)/C=C1\CN(C(C(=O)C2CC2)c2ccccc2F)CCC1SS(=O)(=O)c1ccc(C)cc1. The van der Waals surface area contributed by atoms with Gasteiger partial charge < -0.3 is 4.74 Å². The maximum atomic E-state index is 14.9. The highest BCUT2D eigenvalue weighted by Crippen LogP contribution is 2.42. The lowest BCUT2D eigenvalue weighted by Gasteiger charge is -2.38. The number of hydrogen-bond acceptors (Lipinski definition) is 7. The molecular weight excluding hydrogens is 525 g/mol. The van der Waals surface area contributed by atoms with Gasteiger partial charge in [-0.1, -0.05) is 49.2 Å². The van der Waals surface area contributed by atoms with Crippen LogP contribution in [0.1, 0.15) is 56.2 Å². The van der Waals surface area contributed by atoms with Crippen molar-refractivity contribution in [3.05, 3.63) is 77.1 Å². The zero-order valence-electron chi connectivity index (χ0n) is 21.8. The van der Waals surface area contributed by atoms with E-state index in [1.165, 1.54) is 12.1 Å². The van der Waals surface area contributed by atoms with Crippen LogP contribution in [0, 0.1) is 18.7 Å². The Morgan fingerprint density at radius 2 is 1.84 bits per heavy atom. The molecule has 1 aliphatic heterocycles. The second-order valence-electron chi connectivity index (χ2n) is 9.95. The Balaban J connectivity index is 1.62. The van der Waals surface area contributed by atoms with Crippen LogP contribution in [0.3, 0.4) is 0 Å². The van der Waals surface area contributed by atoms with Crippen molar-refractivity contribution in [2.45, 2.75) is 62.1 Å². The van der Waals surface area contributed by atoms with Gasteiger partial charge in [0.15, 0.2) is 5.78 Å². The number of hydrogen-bond donors (Lipinski definition) is 0. The van der Waals surface area contributed by atoms with E-state index in [1.54, 1.807) is 42.5 Å². The molecule has 2 atom stereocenters. The highest BCUT2D eigenvalue weighted by atomic mass is 33.1. The standard InChI is InChI=1S/C29H34FNO5S2/c1-3-4-17-36-27(32)18-22-19-31(28(29(33)21-11-12-21)24-7-5-6-8-25(24)30)16-15-26(22)37-38(34,35)23-13-9-20(2)10-14-23/h5-10,13-14,18,21,26,28H,3-4,11-12,15-17,19H2,1-2H3/b22-18+. The van der Waals surface area contributed by atoms with E-state index in [1.807, 2.05) is 18.7 Å². The first-order valence-electron chi connectivity index (χ1n) is 13.1. The fourth-order valence-electron chi connectivity index (χ4n) is 4.59. The molecule has 9 heteroatoms. The first kappa shape index (κ1) is 28.5. The summed E-state index contributed by atoms with van der Waals surface area (Å²) >= 11 is 0. The van der Waals surface area contributed by atoms with Crippen LogP contribution in [0.25, 0.3) is 0 Å². The molecule has 2 fully saturated rings. The Labute approximate surface area is 228 Å². The largest absolute Gasteiger partial charge is 0.463 e. The van der Waals surface area contributed by atoms with Crippen molar-refractivity contribution >= 4 is 31.4 Å². The summed E-state index contributed by atoms with van der Waals surface area (Å²) in [4.78, 5) is 28.1. The number of benzene rings is 2. The summed E-state index contributed by atoms with van der Waals surface area (Å²) in [7, 11) is -2.89. The van der Waals surface area contributed by atoms with Crippen molar-refractivity contribution in [1.82, 2.24) is 4.90 Å². The van der Waals surface area contributed by atoms with E-state index in [9.17, 15) is 22.4 Å². The fourth-order valence-corrected chi connectivity index (χ4v) is 8.19. The molecule has 204 valence electrons. The van der Waals surface area contributed by atoms with Gasteiger partial charge in [-0.3, -0.25) is 9.69 Å². The number of likely N-dealkylation sites (tertiary alicyclic amines) is 1. The van der Waals surface area contributed by atoms with Crippen LogP contribution in [0.15, 0.2) is 65.1 Å². The molecule has 2 aromatic carbocycles. The predicted octanol–water partition coefficient (Wildman–Crippen LogP) is 5.62. The van der Waals surface area contributed by atoms with E-state index < -0.39 is 31.9 Å². The molecule has 2 aromatic rings. The molecule has 0 spiro atoms. The maximum Gasteiger partial charge on any atom is 0.330 e. The highest BCUT2D eigenvalue weighted by Gasteiger charge is 2.42. The zero-order chi connectivity index (χ0) is 27.3. The lowest BCUT2D eigenvalue weighted by atomic mass is 9.93. The van der Waals surface area contributed by atoms with E-state index in [4.69, 9.17) is 4.74 Å². The molecule has 2 aliphatic rings. The minimum Gasteiger partial charge on any atom is -0.463 e. The molecular formula is C29H34FNO5S2. The molecule has 0 N–H and O–H groups in total. The van der Waals surface area contributed by atoms with Crippen LogP contribution < -0.4 is 0 Å². The summed E-state index contributed by atoms with van der Waals surface area (Å²) < 4.78 is 46.7. The number of ether oxygens (including phenoxy) is 1. The average Bonchev–Trinajstić information content (AvgIpc) is 3.73. The molecule has 1 heterocycles. The third kappa shape index (κ3) is 7.12. The quantitative estimate of drug-likeness (QED) is 0.153. The Bertz CT molecular complexity index is 1290. The van der Waals surface area contributed by atoms with Gasteiger partial charge in [0, 0.05) is 35.9 Å². The third-order valence-corrected chi connectivity index (χ3v) is 10.8. The molecule has 0 radical (unpaired) electrons. The molecule has 38 heavy (non-hydrogen) atoms. The molecule has 0 amide bonds. The third-order valence-electron chi connectivity index (χ3n) is 6.89. The Morgan fingerprint density at radius 1 is 1.13 bits per heavy atom. The Morgan fingerprint density at radius 3 is 2.50 bits per heavy atom. The number of piperidine rings is 1. The van der Waals surface area contributed by atoms with Crippen LogP contribution in [0.5, 0.6) is 0 Å². The first-order chi connectivity index (χ1) is 18.2. The summed E-state index contributed by atoms with van der Waals surface area (Å²) in [6.07, 6.45) is 4.93. The molecule has 4 rings (SSSR count). The van der Waals surface area contributed by atoms with Gasteiger partial charge in [-0.25, -0.2) is 17.6 Å². The molecule has 2 unspecified atom stereocenters. The molecule has 1 saturated carbocycles. The van der Waals surface area contributed by atoms with Crippen molar-refractivity contribution in [3.63, 3.8) is 0 Å². The van der Waals surface area contributed by atoms with Crippen molar-refractivity contribution in [1.29, 1.82) is 0 Å². The monoisotopic (exact) mass is 559 g/mol. The van der Waals surface area contributed by atoms with Gasteiger partial charge in [-0.2, -0.15) is 0 Å². The summed E-state index contributed by atoms with van der Waals surface area (Å²) in [5.41, 5.74) is 1.83. The lowest BCUT2D eigenvalue weighted by Crippen LogP contribution is -2.43. The number of rotatable bonds is 11. The van der Waals surface area contributed by atoms with Crippen LogP contribution in [-0.2, 0) is 23.2 Å². The van der Waals surface area contributed by atoms with E-state index in [2.05, 4.69) is 0 Å². The van der Waals surface area contributed by atoms with Gasteiger partial charge in [-0.15, -0.1) is 0 Å². The van der Waals surface area contributed by atoms with Gasteiger partial charge in [0.25, 0.3) is 0 Å². The van der Waals surface area contributed by atoms with Crippen LogP contribution in [-0.4, -0.2) is 50.0 Å². The van der Waals surface area contributed by atoms with Crippen molar-refractivity contribution in [2.75, 3.05) is 19.7 Å². The van der Waals surface area contributed by atoms with Crippen molar-refractivity contribution in [2.24, 2.45) is 5.92 Å². The summed E-state index contributed by atoms with van der Waals surface area (Å²) in [6.45, 7) is 4.72. The van der Waals surface area contributed by atoms with Gasteiger partial charge in [0.05, 0.1) is 17.5 Å². The number of carbonyl (C=O) groups excluding carboxylic acids is 2. The summed E-state index contributed by atoms with van der Waals surface area (Å²) in [5, 5.41) is -0.506. The van der Waals surface area contributed by atoms with Gasteiger partial charge in [-0.05, 0) is 67.2 Å². The highest BCUT2D eigenvalue weighted by molar-refractivity contribution is 8.72. The number of ketones is 1. The molecule has 0 bridgehead atoms. The van der Waals surface area contributed by atoms with Crippen LogP contribution in [0.4, 0.5) is 4.39 Å². The molecule has 6 nitrogen and oxygen atoms in total. The normalized spacial score (nSPS) is 20.3. The van der Waals surface area contributed by atoms with Crippen LogP contribution in [0.2, 0.25) is 0 Å². The Kier molecular flexibility index (Phi) is 9.44. The van der Waals surface area contributed by atoms with E-state index in [-0.39, 0.29) is 29.7 Å². The van der Waals surface area contributed by atoms with Gasteiger partial charge >= 0.3 is 5.97 Å². The fraction of sp³-hybridized carbons (Fsp3) is 0.448. The maximum absolute atomic E-state index is 14.9. The van der Waals surface area contributed by atoms with E-state index in [0.29, 0.717) is 24.1 Å². The number of halogens is 1. The van der Waals surface area contributed by atoms with E-state index in [0.717, 1.165) is 42.0 Å². The molecule has 0 aromatic heterocycles. The minimum absolute atomic E-state index is 0.0293. The number of aryl methyl sites for hydroxylation is 1. The second kappa shape index (κ2) is 12.6. The minimum atomic E-state index is -3.70. The predicted molar refractivity (Wildman–Crippen MR) is 147 cm³/mol. The van der Waals surface area contributed by atoms with E-state index >= 15 is 0 Å². The number of unbranched alkanes of at least 4 members (excludes halogenated alkanes) is 1. The average molecular weight is 560 g/mol. The number of nitrogens with zero attached hydrogens (tertiary/aromatic N) is 1. The van der Waals surface area contributed by atoms with Crippen LogP contribution >= 0.6 is 10.8 Å². The summed E-state index contributed by atoms with van der Waals surface area (Å²) in [6, 6.07) is 12.2. The lowest BCUT2D eigenvalue weighted by molar-refractivity contribution is -0.137. The van der Waals surface area contributed by atoms with Crippen molar-refractivity contribution in [3.8, 4) is 0 Å². The number of Topliss-reactive ketones (excluding diaryl/α,β-unsaturated/α-hetero) is 1. The smallest absolute Gasteiger partial charge is 0.330 e. The Hall–Kier alpha value is -2.49. The number of carbonyl (C=O) groups is 2.